The number of rotatable bonds is 6. The number of nitrogen functional groups attached to an aromatic ring is 1. The maximum atomic E-state index is 5.32. The Labute approximate surface area is 101 Å². The van der Waals surface area contributed by atoms with Crippen LogP contribution in [0.25, 0.3) is 0 Å². The molecule has 4 N–H and O–H groups in total. The maximum absolute atomic E-state index is 5.32. The van der Waals surface area contributed by atoms with Crippen molar-refractivity contribution in [2.75, 3.05) is 17.3 Å². The lowest BCUT2D eigenvalue weighted by atomic mass is 9.98. The van der Waals surface area contributed by atoms with Crippen LogP contribution < -0.4 is 16.6 Å². The second-order valence-electron chi connectivity index (χ2n) is 5.15. The number of aromatic nitrogens is 2. The first-order valence-corrected chi connectivity index (χ1v) is 6.39. The summed E-state index contributed by atoms with van der Waals surface area (Å²) < 4.78 is 0. The van der Waals surface area contributed by atoms with Crippen molar-refractivity contribution in [1.82, 2.24) is 9.97 Å². The Morgan fingerprint density at radius 1 is 1.18 bits per heavy atom. The van der Waals surface area contributed by atoms with Gasteiger partial charge in [0, 0.05) is 12.6 Å². The predicted molar refractivity (Wildman–Crippen MR) is 67.3 cm³/mol. The van der Waals surface area contributed by atoms with Crippen LogP contribution in [0.2, 0.25) is 0 Å². The van der Waals surface area contributed by atoms with Crippen LogP contribution >= 0.6 is 0 Å². The summed E-state index contributed by atoms with van der Waals surface area (Å²) in [7, 11) is 0. The first-order valence-electron chi connectivity index (χ1n) is 6.39. The van der Waals surface area contributed by atoms with Gasteiger partial charge < -0.3 is 10.7 Å². The van der Waals surface area contributed by atoms with Crippen LogP contribution in [0, 0.1) is 17.8 Å². The van der Waals surface area contributed by atoms with Gasteiger partial charge in [0.15, 0.2) is 0 Å². The second kappa shape index (κ2) is 4.49. The minimum Gasteiger partial charge on any atom is -0.370 e. The standard InChI is InChI=1S/C12H19N5/c13-17-12-5-11(15-7-16-12)14-6-10(8-1-2-8)9-3-4-9/h5,7-10H,1-4,6,13H2,(H2,14,15,16,17). The van der Waals surface area contributed by atoms with E-state index in [0.29, 0.717) is 5.82 Å². The van der Waals surface area contributed by atoms with E-state index in [0.717, 1.165) is 30.1 Å². The highest BCUT2D eigenvalue weighted by molar-refractivity contribution is 5.45. The first-order chi connectivity index (χ1) is 8.36. The van der Waals surface area contributed by atoms with Gasteiger partial charge in [-0.2, -0.15) is 0 Å². The molecule has 0 aromatic carbocycles. The van der Waals surface area contributed by atoms with E-state index in [1.54, 1.807) is 0 Å². The monoisotopic (exact) mass is 233 g/mol. The maximum Gasteiger partial charge on any atom is 0.145 e. The van der Waals surface area contributed by atoms with Gasteiger partial charge in [-0.15, -0.1) is 0 Å². The van der Waals surface area contributed by atoms with E-state index < -0.39 is 0 Å². The molecular weight excluding hydrogens is 214 g/mol. The quantitative estimate of drug-likeness (QED) is 0.514. The molecule has 2 fully saturated rings. The van der Waals surface area contributed by atoms with Crippen molar-refractivity contribution >= 4 is 11.6 Å². The summed E-state index contributed by atoms with van der Waals surface area (Å²) in [5.74, 6) is 9.60. The zero-order chi connectivity index (χ0) is 11.7. The topological polar surface area (TPSA) is 75.9 Å². The van der Waals surface area contributed by atoms with Crippen LogP contribution in [-0.4, -0.2) is 16.5 Å². The zero-order valence-electron chi connectivity index (χ0n) is 9.89. The molecule has 0 unspecified atom stereocenters. The Morgan fingerprint density at radius 2 is 1.82 bits per heavy atom. The summed E-state index contributed by atoms with van der Waals surface area (Å²) in [4.78, 5) is 8.19. The number of hydrogen-bond donors (Lipinski definition) is 3. The molecule has 0 saturated heterocycles. The lowest BCUT2D eigenvalue weighted by Crippen LogP contribution is -2.19. The minimum absolute atomic E-state index is 0.650. The Bertz CT molecular complexity index is 374. The van der Waals surface area contributed by atoms with Crippen LogP contribution in [-0.2, 0) is 0 Å². The summed E-state index contributed by atoms with van der Waals surface area (Å²) >= 11 is 0. The fraction of sp³-hybridized carbons (Fsp3) is 0.667. The molecule has 0 radical (unpaired) electrons. The van der Waals surface area contributed by atoms with Crippen molar-refractivity contribution in [1.29, 1.82) is 0 Å². The van der Waals surface area contributed by atoms with Crippen molar-refractivity contribution in [3.63, 3.8) is 0 Å². The van der Waals surface area contributed by atoms with Crippen molar-refractivity contribution < 1.29 is 0 Å². The molecule has 0 spiro atoms. The summed E-state index contributed by atoms with van der Waals surface area (Å²) in [5, 5.41) is 3.42. The van der Waals surface area contributed by atoms with Gasteiger partial charge in [0.25, 0.3) is 0 Å². The normalized spacial score (nSPS) is 19.4. The van der Waals surface area contributed by atoms with E-state index in [4.69, 9.17) is 5.84 Å². The molecule has 0 amide bonds. The van der Waals surface area contributed by atoms with Gasteiger partial charge in [-0.05, 0) is 43.4 Å². The number of hydrazine groups is 1. The molecule has 0 atom stereocenters. The van der Waals surface area contributed by atoms with Crippen molar-refractivity contribution in [2.45, 2.75) is 25.7 Å². The minimum atomic E-state index is 0.650. The van der Waals surface area contributed by atoms with Gasteiger partial charge in [-0.1, -0.05) is 0 Å². The Balaban J connectivity index is 1.58. The summed E-state index contributed by atoms with van der Waals surface area (Å²) in [6.07, 6.45) is 7.20. The van der Waals surface area contributed by atoms with Gasteiger partial charge in [-0.3, -0.25) is 0 Å². The molecule has 5 nitrogen and oxygen atoms in total. The molecule has 2 aliphatic rings. The molecular formula is C12H19N5. The molecule has 1 aromatic rings. The van der Waals surface area contributed by atoms with E-state index in [9.17, 15) is 0 Å². The lowest BCUT2D eigenvalue weighted by Gasteiger charge is -2.16. The molecule has 3 rings (SSSR count). The third-order valence-electron chi connectivity index (χ3n) is 3.79. The van der Waals surface area contributed by atoms with Crippen molar-refractivity contribution in [3.05, 3.63) is 12.4 Å². The molecule has 0 bridgehead atoms. The largest absolute Gasteiger partial charge is 0.370 e. The number of nitrogens with two attached hydrogens (primary N) is 1. The molecule has 1 heterocycles. The van der Waals surface area contributed by atoms with E-state index in [1.807, 2.05) is 6.07 Å². The average molecular weight is 233 g/mol. The summed E-state index contributed by atoms with van der Waals surface area (Å²) in [5.41, 5.74) is 2.53. The van der Waals surface area contributed by atoms with E-state index in [1.165, 1.54) is 32.0 Å². The van der Waals surface area contributed by atoms with E-state index >= 15 is 0 Å². The van der Waals surface area contributed by atoms with Crippen molar-refractivity contribution in [2.24, 2.45) is 23.6 Å². The summed E-state index contributed by atoms with van der Waals surface area (Å²) in [6.45, 7) is 1.04. The van der Waals surface area contributed by atoms with Gasteiger partial charge in [0.05, 0.1) is 0 Å². The molecule has 5 heteroatoms. The van der Waals surface area contributed by atoms with Crippen LogP contribution in [0.4, 0.5) is 11.6 Å². The fourth-order valence-electron chi connectivity index (χ4n) is 2.52. The number of nitrogens with one attached hydrogen (secondary N) is 2. The highest BCUT2D eigenvalue weighted by atomic mass is 15.3. The van der Waals surface area contributed by atoms with E-state index in [2.05, 4.69) is 20.7 Å². The molecule has 17 heavy (non-hydrogen) atoms. The van der Waals surface area contributed by atoms with Gasteiger partial charge in [-0.25, -0.2) is 15.8 Å². The van der Waals surface area contributed by atoms with Crippen LogP contribution in [0.1, 0.15) is 25.7 Å². The Morgan fingerprint density at radius 3 is 2.41 bits per heavy atom. The first kappa shape index (κ1) is 10.8. The summed E-state index contributed by atoms with van der Waals surface area (Å²) in [6, 6.07) is 1.84. The van der Waals surface area contributed by atoms with Crippen LogP contribution in [0.5, 0.6) is 0 Å². The number of nitrogens with zero attached hydrogens (tertiary/aromatic N) is 2. The van der Waals surface area contributed by atoms with Gasteiger partial charge in [0.1, 0.15) is 18.0 Å². The second-order valence-corrected chi connectivity index (χ2v) is 5.15. The molecule has 0 aliphatic heterocycles. The fourth-order valence-corrected chi connectivity index (χ4v) is 2.52. The van der Waals surface area contributed by atoms with E-state index in [-0.39, 0.29) is 0 Å². The zero-order valence-corrected chi connectivity index (χ0v) is 9.89. The van der Waals surface area contributed by atoms with Gasteiger partial charge in [0.2, 0.25) is 0 Å². The third-order valence-corrected chi connectivity index (χ3v) is 3.79. The van der Waals surface area contributed by atoms with Crippen LogP contribution in [0.15, 0.2) is 12.4 Å². The highest BCUT2D eigenvalue weighted by Gasteiger charge is 2.40. The molecule has 92 valence electrons. The molecule has 1 aromatic heterocycles. The Kier molecular flexibility index (Phi) is 2.84. The number of anilines is 2. The molecule has 2 aliphatic carbocycles. The smallest absolute Gasteiger partial charge is 0.145 e. The third kappa shape index (κ3) is 2.66. The molecule has 2 saturated carbocycles. The van der Waals surface area contributed by atoms with Crippen molar-refractivity contribution in [3.8, 4) is 0 Å². The Hall–Kier alpha value is -1.36. The lowest BCUT2D eigenvalue weighted by molar-refractivity contribution is 0.427. The van der Waals surface area contributed by atoms with Crippen LogP contribution in [0.3, 0.4) is 0 Å². The SMILES string of the molecule is NNc1cc(NCC(C2CC2)C2CC2)ncn1. The predicted octanol–water partition coefficient (Wildman–Crippen LogP) is 1.61. The highest BCUT2D eigenvalue weighted by Crippen LogP contribution is 2.49. The van der Waals surface area contributed by atoms with Gasteiger partial charge >= 0.3 is 0 Å². The number of hydrogen-bond acceptors (Lipinski definition) is 5. The average Bonchev–Trinajstić information content (AvgIpc) is 3.22.